The van der Waals surface area contributed by atoms with Crippen molar-refractivity contribution < 1.29 is 12.9 Å². The van der Waals surface area contributed by atoms with Crippen LogP contribution in [0.1, 0.15) is 11.4 Å². The first-order chi connectivity index (χ1) is 9.40. The zero-order valence-electron chi connectivity index (χ0n) is 10.6. The van der Waals surface area contributed by atoms with Crippen molar-refractivity contribution in [3.8, 4) is 0 Å². The van der Waals surface area contributed by atoms with E-state index in [4.69, 9.17) is 17.3 Å². The van der Waals surface area contributed by atoms with Crippen LogP contribution < -0.4 is 10.5 Å². The summed E-state index contributed by atoms with van der Waals surface area (Å²) in [6.45, 7) is 1.77. The Labute approximate surface area is 121 Å². The lowest BCUT2D eigenvalue weighted by molar-refractivity contribution is 0.410. The highest BCUT2D eigenvalue weighted by molar-refractivity contribution is 7.89. The monoisotopic (exact) mass is 316 g/mol. The molecule has 0 aliphatic rings. The van der Waals surface area contributed by atoms with Gasteiger partial charge in [-0.15, -0.1) is 0 Å². The van der Waals surface area contributed by atoms with Crippen LogP contribution in [-0.2, 0) is 16.4 Å². The van der Waals surface area contributed by atoms with E-state index in [-0.39, 0.29) is 16.5 Å². The molecule has 0 bridgehead atoms. The third kappa shape index (κ3) is 3.27. The molecule has 1 heterocycles. The molecule has 0 radical (unpaired) electrons. The molecule has 2 aromatic rings. The highest BCUT2D eigenvalue weighted by Gasteiger charge is 2.19. The molecule has 108 valence electrons. The predicted molar refractivity (Wildman–Crippen MR) is 73.8 cm³/mol. The summed E-state index contributed by atoms with van der Waals surface area (Å²) in [6, 6.07) is 2.87. The van der Waals surface area contributed by atoms with Crippen LogP contribution in [0.5, 0.6) is 0 Å². The van der Waals surface area contributed by atoms with Crippen molar-refractivity contribution in [2.24, 2.45) is 0 Å². The third-order valence-electron chi connectivity index (χ3n) is 2.70. The van der Waals surface area contributed by atoms with Crippen LogP contribution in [0, 0.1) is 6.92 Å². The number of anilines is 1. The van der Waals surface area contributed by atoms with Gasteiger partial charge in [-0.05, 0) is 24.6 Å². The van der Waals surface area contributed by atoms with Crippen LogP contribution >= 0.6 is 11.6 Å². The molecule has 0 fully saturated rings. The number of benzene rings is 1. The van der Waals surface area contributed by atoms with Gasteiger partial charge in [-0.25, -0.2) is 13.1 Å². The Morgan fingerprint density at radius 2 is 2.20 bits per heavy atom. The van der Waals surface area contributed by atoms with E-state index in [0.717, 1.165) is 0 Å². The van der Waals surface area contributed by atoms with E-state index in [0.29, 0.717) is 23.5 Å². The fraction of sp³-hybridized carbons (Fsp3) is 0.273. The molecule has 0 spiro atoms. The van der Waals surface area contributed by atoms with Crippen molar-refractivity contribution in [1.29, 1.82) is 0 Å². The number of aromatic nitrogens is 2. The maximum Gasteiger partial charge on any atom is 0.240 e. The molecular weight excluding hydrogens is 304 g/mol. The molecule has 0 saturated heterocycles. The summed E-state index contributed by atoms with van der Waals surface area (Å²) < 4.78 is 31.4. The van der Waals surface area contributed by atoms with Gasteiger partial charge in [-0.2, -0.15) is 4.98 Å². The molecule has 1 aromatic carbocycles. The smallest absolute Gasteiger partial charge is 0.240 e. The molecule has 0 aliphatic carbocycles. The van der Waals surface area contributed by atoms with Gasteiger partial charge in [-0.1, -0.05) is 16.8 Å². The molecule has 9 heteroatoms. The van der Waals surface area contributed by atoms with E-state index in [2.05, 4.69) is 19.4 Å². The summed E-state index contributed by atoms with van der Waals surface area (Å²) in [4.78, 5) is 3.87. The molecule has 0 atom stereocenters. The summed E-state index contributed by atoms with van der Waals surface area (Å²) in [7, 11) is -3.69. The number of hydrogen-bond acceptors (Lipinski definition) is 6. The summed E-state index contributed by atoms with van der Waals surface area (Å²) in [6.07, 6.45) is 1.51. The molecule has 0 aliphatic heterocycles. The van der Waals surface area contributed by atoms with E-state index in [1.807, 2.05) is 0 Å². The Morgan fingerprint density at radius 1 is 1.45 bits per heavy atom. The lowest BCUT2D eigenvalue weighted by Gasteiger charge is -2.11. The zero-order valence-corrected chi connectivity index (χ0v) is 12.2. The first kappa shape index (κ1) is 14.8. The maximum absolute atomic E-state index is 12.2. The van der Waals surface area contributed by atoms with Gasteiger partial charge in [0.2, 0.25) is 16.4 Å². The quantitative estimate of drug-likeness (QED) is 0.800. The van der Waals surface area contributed by atoms with Crippen molar-refractivity contribution in [3.05, 3.63) is 34.9 Å². The van der Waals surface area contributed by atoms with Gasteiger partial charge >= 0.3 is 0 Å². The average molecular weight is 317 g/mol. The van der Waals surface area contributed by atoms with E-state index < -0.39 is 10.0 Å². The minimum absolute atomic E-state index is 0.0654. The van der Waals surface area contributed by atoms with Crippen LogP contribution in [0.3, 0.4) is 0 Å². The Balaban J connectivity index is 2.14. The van der Waals surface area contributed by atoms with Gasteiger partial charge in [0.1, 0.15) is 0 Å². The van der Waals surface area contributed by atoms with Crippen molar-refractivity contribution in [2.45, 2.75) is 18.2 Å². The van der Waals surface area contributed by atoms with Gasteiger partial charge in [0, 0.05) is 23.7 Å². The largest absolute Gasteiger partial charge is 0.398 e. The molecular formula is C11H13ClN4O3S. The first-order valence-electron chi connectivity index (χ1n) is 5.70. The fourth-order valence-corrected chi connectivity index (χ4v) is 3.25. The first-order valence-corrected chi connectivity index (χ1v) is 7.57. The van der Waals surface area contributed by atoms with E-state index in [1.165, 1.54) is 18.5 Å². The highest BCUT2D eigenvalue weighted by atomic mass is 35.5. The Kier molecular flexibility index (Phi) is 4.26. The third-order valence-corrected chi connectivity index (χ3v) is 4.51. The Hall–Kier alpha value is -1.64. The van der Waals surface area contributed by atoms with Crippen LogP contribution in [0.25, 0.3) is 0 Å². The van der Waals surface area contributed by atoms with E-state index >= 15 is 0 Å². The van der Waals surface area contributed by atoms with E-state index in [9.17, 15) is 8.42 Å². The lowest BCUT2D eigenvalue weighted by atomic mass is 10.2. The van der Waals surface area contributed by atoms with Gasteiger partial charge in [0.05, 0.1) is 4.90 Å². The number of nitrogens with one attached hydrogen (secondary N) is 1. The lowest BCUT2D eigenvalue weighted by Crippen LogP contribution is -2.27. The second-order valence-electron chi connectivity index (χ2n) is 4.11. The average Bonchev–Trinajstić information content (AvgIpc) is 2.86. The highest BCUT2D eigenvalue weighted by Crippen LogP contribution is 2.25. The van der Waals surface area contributed by atoms with Crippen molar-refractivity contribution in [2.75, 3.05) is 12.3 Å². The Morgan fingerprint density at radius 3 is 2.85 bits per heavy atom. The number of nitrogens with two attached hydrogens (primary N) is 1. The maximum atomic E-state index is 12.2. The number of sulfonamides is 1. The summed E-state index contributed by atoms with van der Waals surface area (Å²) in [5.41, 5.74) is 6.50. The van der Waals surface area contributed by atoms with Crippen molar-refractivity contribution >= 4 is 27.3 Å². The van der Waals surface area contributed by atoms with Gasteiger partial charge < -0.3 is 10.3 Å². The summed E-state index contributed by atoms with van der Waals surface area (Å²) in [5, 5.41) is 3.86. The molecule has 3 N–H and O–H groups in total. The molecule has 7 nitrogen and oxygen atoms in total. The number of nitrogens with zero attached hydrogens (tertiary/aromatic N) is 2. The van der Waals surface area contributed by atoms with Crippen LogP contribution in [0.15, 0.2) is 27.9 Å². The standard InChI is InChI=1S/C11H13ClN4O3S/c1-7-9(13)4-8(12)5-10(7)20(17,18)15-3-2-11-14-6-19-16-11/h4-6,15H,2-3,13H2,1H3. The number of nitrogen functional groups attached to an aromatic ring is 1. The van der Waals surface area contributed by atoms with Crippen molar-refractivity contribution in [3.63, 3.8) is 0 Å². The molecule has 0 saturated carbocycles. The van der Waals surface area contributed by atoms with Gasteiger partial charge in [0.15, 0.2) is 5.82 Å². The van der Waals surface area contributed by atoms with Gasteiger partial charge in [0.25, 0.3) is 0 Å². The molecule has 1 aromatic heterocycles. The number of hydrogen-bond donors (Lipinski definition) is 2. The number of halogens is 1. The molecule has 0 amide bonds. The normalized spacial score (nSPS) is 11.7. The van der Waals surface area contributed by atoms with Crippen LogP contribution in [0.2, 0.25) is 5.02 Å². The second kappa shape index (κ2) is 5.78. The topological polar surface area (TPSA) is 111 Å². The number of rotatable bonds is 5. The Bertz CT molecular complexity index is 701. The molecule has 20 heavy (non-hydrogen) atoms. The summed E-state index contributed by atoms with van der Waals surface area (Å²) in [5.74, 6) is 0.426. The summed E-state index contributed by atoms with van der Waals surface area (Å²) >= 11 is 5.84. The predicted octanol–water partition coefficient (Wildman–Crippen LogP) is 1.13. The van der Waals surface area contributed by atoms with Crippen LogP contribution in [0.4, 0.5) is 5.69 Å². The minimum Gasteiger partial charge on any atom is -0.398 e. The van der Waals surface area contributed by atoms with Crippen molar-refractivity contribution in [1.82, 2.24) is 14.9 Å². The SMILES string of the molecule is Cc1c(N)cc(Cl)cc1S(=O)(=O)NCCc1ncon1. The molecule has 2 rings (SSSR count). The fourth-order valence-electron chi connectivity index (χ4n) is 1.63. The van der Waals surface area contributed by atoms with E-state index in [1.54, 1.807) is 6.92 Å². The van der Waals surface area contributed by atoms with Crippen LogP contribution in [-0.4, -0.2) is 25.1 Å². The second-order valence-corrected chi connectivity index (χ2v) is 6.29. The zero-order chi connectivity index (χ0) is 14.8. The molecule has 0 unspecified atom stereocenters. The minimum atomic E-state index is -3.69. The van der Waals surface area contributed by atoms with Gasteiger partial charge in [-0.3, -0.25) is 0 Å².